The first-order valence-corrected chi connectivity index (χ1v) is 31.4. The SMILES string of the molecule is CC(C)C(NC(=O)CCCCCN1C(=O)C=CC1=O)C(=O)N[C@@H](C)C(=O)Nc1ccc(COC(=O)N(C)CCOC(=O)Nc2ncnc3c2ncn3[C@@H]2C[C@H](CO[P@](=O)(O)S)[C@@H](O[PH](=O)OC[C@@H]3CC[C@H](n4cc(F)c5c(=O)[nH]cnc54)O3)C2)cc1. The minimum absolute atomic E-state index is 0.00162. The van der Waals surface area contributed by atoms with Gasteiger partial charge in [-0.25, -0.2) is 38.5 Å². The Morgan fingerprint density at radius 3 is 2.42 bits per heavy atom. The molecule has 1 saturated carbocycles. The number of carbonyl (C=O) groups excluding carboxylic acids is 7. The maximum atomic E-state index is 14.6. The van der Waals surface area contributed by atoms with Crippen molar-refractivity contribution < 1.29 is 79.8 Å². The smallest absolute Gasteiger partial charge is 0.412 e. The highest BCUT2D eigenvalue weighted by molar-refractivity contribution is 8.44. The molecule has 2 fully saturated rings. The molecule has 1 aliphatic carbocycles. The van der Waals surface area contributed by atoms with Gasteiger partial charge in [-0.1, -0.05) is 44.6 Å². The van der Waals surface area contributed by atoms with Gasteiger partial charge < -0.3 is 67.6 Å². The maximum Gasteiger partial charge on any atom is 0.412 e. The zero-order valence-corrected chi connectivity index (χ0v) is 49.9. The van der Waals surface area contributed by atoms with E-state index in [-0.39, 0.29) is 105 Å². The molecular weight excluding hydrogens is 1190 g/mol. The number of fused-ring (bicyclic) bond motifs is 2. The van der Waals surface area contributed by atoms with Crippen LogP contribution in [0.3, 0.4) is 0 Å². The van der Waals surface area contributed by atoms with Gasteiger partial charge in [0.15, 0.2) is 28.4 Å². The van der Waals surface area contributed by atoms with Gasteiger partial charge in [-0.3, -0.25) is 43.5 Å². The number of nitrogens with one attached hydrogen (secondary N) is 5. The van der Waals surface area contributed by atoms with Crippen LogP contribution in [0.4, 0.5) is 25.5 Å². The first-order chi connectivity index (χ1) is 41.0. The van der Waals surface area contributed by atoms with E-state index in [4.69, 9.17) is 27.8 Å². The molecule has 6 heterocycles. The molecule has 4 aromatic heterocycles. The molecule has 8 rings (SSSR count). The number of thiol groups is 1. The van der Waals surface area contributed by atoms with Crippen molar-refractivity contribution in [1.29, 1.82) is 0 Å². The lowest BCUT2D eigenvalue weighted by molar-refractivity contribution is -0.137. The lowest BCUT2D eigenvalue weighted by Crippen LogP contribution is -2.53. The Morgan fingerprint density at radius 1 is 0.930 bits per heavy atom. The van der Waals surface area contributed by atoms with Crippen LogP contribution < -0.4 is 26.8 Å². The van der Waals surface area contributed by atoms with Gasteiger partial charge in [0.2, 0.25) is 17.7 Å². The van der Waals surface area contributed by atoms with E-state index in [9.17, 15) is 56.8 Å². The number of hydrogen-bond acceptors (Lipinski definition) is 20. The monoisotopic (exact) mass is 1260 g/mol. The largest absolute Gasteiger partial charge is 0.447 e. The Bertz CT molecular complexity index is 3450. The zero-order valence-electron chi connectivity index (χ0n) is 47.1. The van der Waals surface area contributed by atoms with Crippen molar-refractivity contribution in [2.75, 3.05) is 50.6 Å². The molecule has 3 aliphatic rings. The summed E-state index contributed by atoms with van der Waals surface area (Å²) in [4.78, 5) is 132. The van der Waals surface area contributed by atoms with E-state index in [0.717, 1.165) is 11.1 Å². The first kappa shape index (κ1) is 64.6. The fraction of sp³-hybridized carbons (Fsp3) is 0.500. The van der Waals surface area contributed by atoms with E-state index in [1.807, 2.05) is 0 Å². The Kier molecular flexibility index (Phi) is 22.0. The summed E-state index contributed by atoms with van der Waals surface area (Å²) in [5.74, 6) is -3.76. The zero-order chi connectivity index (χ0) is 61.8. The summed E-state index contributed by atoms with van der Waals surface area (Å²) in [7, 11) is -1.76. The minimum atomic E-state index is -4.23. The van der Waals surface area contributed by atoms with Gasteiger partial charge in [0.05, 0.1) is 44.6 Å². The molecule has 464 valence electrons. The fourth-order valence-electron chi connectivity index (χ4n) is 9.83. The minimum Gasteiger partial charge on any atom is -0.447 e. The Labute approximate surface area is 496 Å². The average molecular weight is 1260 g/mol. The number of ether oxygens (including phenoxy) is 3. The number of halogens is 1. The van der Waals surface area contributed by atoms with Crippen molar-refractivity contribution in [3.8, 4) is 0 Å². The summed E-state index contributed by atoms with van der Waals surface area (Å²) in [5, 5.41) is 10.4. The molecule has 86 heavy (non-hydrogen) atoms. The van der Waals surface area contributed by atoms with E-state index >= 15 is 0 Å². The molecular formula is C52H66FN13O17P2S. The average Bonchev–Trinajstić information content (AvgIpc) is 2.19. The van der Waals surface area contributed by atoms with Crippen LogP contribution in [0.1, 0.15) is 90.0 Å². The second kappa shape index (κ2) is 29.3. The molecule has 34 heteroatoms. The van der Waals surface area contributed by atoms with Gasteiger partial charge in [-0.2, -0.15) is 0 Å². The van der Waals surface area contributed by atoms with Crippen molar-refractivity contribution in [1.82, 2.24) is 54.5 Å². The molecule has 30 nitrogen and oxygen atoms in total. The highest BCUT2D eigenvalue weighted by Gasteiger charge is 2.40. The predicted octanol–water partition coefficient (Wildman–Crippen LogP) is 5.06. The third kappa shape index (κ3) is 17.2. The third-order valence-electron chi connectivity index (χ3n) is 14.4. The number of amides is 7. The molecule has 7 amide bonds. The van der Waals surface area contributed by atoms with Crippen molar-refractivity contribution in [3.05, 3.63) is 83.3 Å². The number of H-pyrrole nitrogens is 1. The van der Waals surface area contributed by atoms with E-state index in [2.05, 4.69) is 58.4 Å². The number of benzene rings is 1. The topological polar surface area (TPSA) is 378 Å². The highest BCUT2D eigenvalue weighted by Crippen LogP contribution is 2.50. The highest BCUT2D eigenvalue weighted by atomic mass is 32.7. The van der Waals surface area contributed by atoms with Gasteiger partial charge in [-0.05, 0) is 69.1 Å². The van der Waals surface area contributed by atoms with Crippen molar-refractivity contribution in [3.63, 3.8) is 0 Å². The number of imide groups is 1. The van der Waals surface area contributed by atoms with E-state index < -0.39 is 92.9 Å². The second-order valence-corrected chi connectivity index (χ2v) is 24.7. The van der Waals surface area contributed by atoms with Crippen molar-refractivity contribution in [2.24, 2.45) is 11.8 Å². The van der Waals surface area contributed by atoms with Crippen LogP contribution in [0.2, 0.25) is 0 Å². The van der Waals surface area contributed by atoms with Crippen LogP contribution in [0.25, 0.3) is 22.2 Å². The summed E-state index contributed by atoms with van der Waals surface area (Å²) in [6.45, 7) is 0.183. The summed E-state index contributed by atoms with van der Waals surface area (Å²) in [6.07, 6.45) is 6.82. The number of imidazole rings is 1. The standard InChI is InChI=1S/C52H66FN13O17P2S/c1-29(2)43(61-38(67)8-6-5-7-17-64-39(68)14-15-40(64)69)50(72)59-30(3)48(70)60-33-11-9-31(10-12-33)23-79-52(74)63(4)18-19-78-51(73)62-45-44-47(56-26-54-45)66(28-58-44)34-20-32(24-81-85(76,77)86)37(21-34)83-84(75)80-25-35-13-16-41(82-35)65-22-36(53)42-46(65)55-27-57-49(42)71/h9-12,14-15,22,26-30,32,34-35,37,41,43,84H,5-8,13,16-21,23-25H2,1-4H3,(H,59,72)(H,60,70)(H,61,67)(H,55,57,71)(H2,76,77,86)(H,54,56,62,73)/t30-,32+,34+,35-,37-,41+,43?/m0/s1. The number of unbranched alkanes of at least 4 members (excludes halogenated alkanes) is 2. The maximum absolute atomic E-state index is 14.6. The predicted molar refractivity (Wildman–Crippen MR) is 307 cm³/mol. The molecule has 5 aromatic rings. The summed E-state index contributed by atoms with van der Waals surface area (Å²) in [6, 6.07) is 4.11. The number of hydrogen-bond donors (Lipinski definition) is 7. The van der Waals surface area contributed by atoms with Crippen molar-refractivity contribution >= 4 is 103 Å². The Hall–Kier alpha value is -7.44. The summed E-state index contributed by atoms with van der Waals surface area (Å²) in [5.41, 5.74) is 0.945. The number of anilines is 2. The number of nitrogens with zero attached hydrogens (tertiary/aromatic N) is 8. The van der Waals surface area contributed by atoms with Crippen molar-refractivity contribution in [2.45, 2.75) is 115 Å². The van der Waals surface area contributed by atoms with Crippen LogP contribution in [0.15, 0.2) is 66.4 Å². The number of rotatable bonds is 28. The first-order valence-electron chi connectivity index (χ1n) is 27.5. The molecule has 2 unspecified atom stereocenters. The van der Waals surface area contributed by atoms with E-state index in [0.29, 0.717) is 49.0 Å². The number of aromatic amines is 1. The molecule has 1 saturated heterocycles. The van der Waals surface area contributed by atoms with Crippen LogP contribution in [0, 0.1) is 17.7 Å². The second-order valence-electron chi connectivity index (χ2n) is 21.0. The Balaban J connectivity index is 0.736. The fourth-order valence-corrected chi connectivity index (χ4v) is 11.3. The lowest BCUT2D eigenvalue weighted by Gasteiger charge is -2.24. The molecule has 0 radical (unpaired) electrons. The van der Waals surface area contributed by atoms with Gasteiger partial charge in [-0.15, -0.1) is 0 Å². The summed E-state index contributed by atoms with van der Waals surface area (Å²) < 4.78 is 76.4. The van der Waals surface area contributed by atoms with Crippen LogP contribution in [-0.2, 0) is 67.5 Å². The van der Waals surface area contributed by atoms with Crippen LogP contribution >= 0.6 is 27.3 Å². The number of carbonyl (C=O) groups is 7. The molecule has 9 atom stereocenters. The van der Waals surface area contributed by atoms with Gasteiger partial charge >= 0.3 is 27.2 Å². The molecule has 0 bridgehead atoms. The number of likely N-dealkylation sites (N-methyl/N-ethyl adjacent to an activating group) is 1. The molecule has 1 aromatic carbocycles. The van der Waals surface area contributed by atoms with Crippen LogP contribution in [-0.4, -0.2) is 155 Å². The Morgan fingerprint density at radius 2 is 1.69 bits per heavy atom. The summed E-state index contributed by atoms with van der Waals surface area (Å²) >= 11 is 3.62. The van der Waals surface area contributed by atoms with E-state index in [1.165, 1.54) is 54.6 Å². The van der Waals surface area contributed by atoms with Gasteiger partial charge in [0.25, 0.3) is 17.4 Å². The molecule has 6 N–H and O–H groups in total. The lowest BCUT2D eigenvalue weighted by atomic mass is 10.0. The third-order valence-corrected chi connectivity index (χ3v) is 16.1. The quantitative estimate of drug-likeness (QED) is 0.0149. The van der Waals surface area contributed by atoms with Gasteiger partial charge in [0.1, 0.15) is 43.2 Å². The molecule has 2 aliphatic heterocycles. The number of aromatic nitrogens is 7. The van der Waals surface area contributed by atoms with Crippen LogP contribution in [0.5, 0.6) is 0 Å². The van der Waals surface area contributed by atoms with E-state index in [1.54, 1.807) is 42.7 Å². The molecule has 0 spiro atoms. The normalized spacial score (nSPS) is 20.2. The van der Waals surface area contributed by atoms with Gasteiger partial charge in [0, 0.05) is 56.0 Å².